The van der Waals surface area contributed by atoms with E-state index in [-0.39, 0.29) is 5.88 Å². The van der Waals surface area contributed by atoms with Crippen molar-refractivity contribution in [2.24, 2.45) is 0 Å². The van der Waals surface area contributed by atoms with Gasteiger partial charge in [0.2, 0.25) is 0 Å². The largest absolute Gasteiger partial charge is 0.334 e. The van der Waals surface area contributed by atoms with E-state index in [4.69, 9.17) is 16.1 Å². The summed E-state index contributed by atoms with van der Waals surface area (Å²) in [6.45, 7) is 0. The van der Waals surface area contributed by atoms with Crippen LogP contribution in [0.1, 0.15) is 5.82 Å². The molecule has 0 spiro atoms. The minimum atomic E-state index is 0.232. The highest BCUT2D eigenvalue weighted by Gasteiger charge is 2.10. The normalized spacial score (nSPS) is 10.7. The van der Waals surface area contributed by atoms with E-state index < -0.39 is 0 Å². The molecule has 0 saturated carbocycles. The maximum atomic E-state index is 5.62. The molecular formula is C12H9ClN4O. The Hall–Kier alpha value is -2.14. The van der Waals surface area contributed by atoms with Crippen LogP contribution in [-0.4, -0.2) is 19.9 Å². The number of para-hydroxylation sites is 1. The van der Waals surface area contributed by atoms with E-state index in [1.54, 1.807) is 10.9 Å². The van der Waals surface area contributed by atoms with Crippen LogP contribution in [0.25, 0.3) is 17.1 Å². The van der Waals surface area contributed by atoms with E-state index in [2.05, 4.69) is 15.2 Å². The molecule has 1 aromatic carbocycles. The number of halogens is 1. The van der Waals surface area contributed by atoms with Crippen molar-refractivity contribution in [2.45, 2.75) is 5.88 Å². The molecule has 3 rings (SSSR count). The Morgan fingerprint density at radius 1 is 1.22 bits per heavy atom. The maximum Gasteiger partial charge on any atom is 0.261 e. The summed E-state index contributed by atoms with van der Waals surface area (Å²) in [4.78, 5) is 4.14. The topological polar surface area (TPSA) is 56.7 Å². The molecule has 0 aliphatic rings. The van der Waals surface area contributed by atoms with Crippen LogP contribution in [0.4, 0.5) is 0 Å². The average molecular weight is 261 g/mol. The molecule has 0 atom stereocenters. The number of rotatable bonds is 3. The van der Waals surface area contributed by atoms with Crippen LogP contribution < -0.4 is 0 Å². The predicted molar refractivity (Wildman–Crippen MR) is 66.4 cm³/mol. The van der Waals surface area contributed by atoms with Crippen molar-refractivity contribution in [2.75, 3.05) is 0 Å². The number of hydrogen-bond donors (Lipinski definition) is 0. The lowest BCUT2D eigenvalue weighted by Crippen LogP contribution is -1.92. The van der Waals surface area contributed by atoms with Crippen molar-refractivity contribution in [1.82, 2.24) is 19.9 Å². The zero-order valence-corrected chi connectivity index (χ0v) is 10.1. The number of benzene rings is 1. The molecule has 5 nitrogen and oxygen atoms in total. The fourth-order valence-corrected chi connectivity index (χ4v) is 1.69. The third-order valence-corrected chi connectivity index (χ3v) is 2.68. The first-order valence-corrected chi connectivity index (χ1v) is 5.89. The lowest BCUT2D eigenvalue weighted by Gasteiger charge is -1.98. The van der Waals surface area contributed by atoms with Crippen molar-refractivity contribution in [1.29, 1.82) is 0 Å². The summed E-state index contributed by atoms with van der Waals surface area (Å²) in [7, 11) is 0. The van der Waals surface area contributed by atoms with Crippen LogP contribution in [0.5, 0.6) is 0 Å². The van der Waals surface area contributed by atoms with E-state index in [0.29, 0.717) is 11.7 Å². The van der Waals surface area contributed by atoms with Gasteiger partial charge >= 0.3 is 0 Å². The molecular weight excluding hydrogens is 252 g/mol. The predicted octanol–water partition coefficient (Wildman–Crippen LogP) is 2.66. The molecule has 0 aliphatic heterocycles. The molecule has 18 heavy (non-hydrogen) atoms. The molecule has 0 unspecified atom stereocenters. The quantitative estimate of drug-likeness (QED) is 0.680. The highest BCUT2D eigenvalue weighted by atomic mass is 35.5. The molecule has 90 valence electrons. The SMILES string of the molecule is ClCc1noc(-c2cnn(-c3ccccc3)c2)n1. The number of hydrogen-bond acceptors (Lipinski definition) is 4. The van der Waals surface area contributed by atoms with E-state index >= 15 is 0 Å². The zero-order chi connectivity index (χ0) is 12.4. The van der Waals surface area contributed by atoms with Gasteiger partial charge in [-0.2, -0.15) is 10.1 Å². The molecule has 0 bridgehead atoms. The minimum absolute atomic E-state index is 0.232. The maximum absolute atomic E-state index is 5.62. The Labute approximate surface area is 108 Å². The monoisotopic (exact) mass is 260 g/mol. The molecule has 0 fully saturated rings. The second-order valence-electron chi connectivity index (χ2n) is 3.66. The summed E-state index contributed by atoms with van der Waals surface area (Å²) in [5.74, 6) is 1.13. The van der Waals surface area contributed by atoms with Crippen LogP contribution in [0.2, 0.25) is 0 Å². The fourth-order valence-electron chi connectivity index (χ4n) is 1.58. The van der Waals surface area contributed by atoms with Gasteiger partial charge in [-0.25, -0.2) is 4.68 Å². The van der Waals surface area contributed by atoms with Gasteiger partial charge in [0.1, 0.15) is 0 Å². The lowest BCUT2D eigenvalue weighted by molar-refractivity contribution is 0.425. The summed E-state index contributed by atoms with van der Waals surface area (Å²) >= 11 is 5.62. The van der Waals surface area contributed by atoms with Gasteiger partial charge in [-0.05, 0) is 12.1 Å². The second-order valence-corrected chi connectivity index (χ2v) is 3.93. The molecule has 2 aromatic heterocycles. The zero-order valence-electron chi connectivity index (χ0n) is 9.32. The van der Waals surface area contributed by atoms with Crippen molar-refractivity contribution in [3.63, 3.8) is 0 Å². The molecule has 0 saturated heterocycles. The van der Waals surface area contributed by atoms with E-state index in [9.17, 15) is 0 Å². The molecule has 3 aromatic rings. The van der Waals surface area contributed by atoms with E-state index in [1.165, 1.54) is 0 Å². The van der Waals surface area contributed by atoms with Crippen molar-refractivity contribution < 1.29 is 4.52 Å². The minimum Gasteiger partial charge on any atom is -0.334 e. The first kappa shape index (κ1) is 11.0. The van der Waals surface area contributed by atoms with Gasteiger partial charge in [0.05, 0.1) is 23.3 Å². The molecule has 6 heteroatoms. The summed E-state index contributed by atoms with van der Waals surface area (Å²) in [6, 6.07) is 9.80. The second kappa shape index (κ2) is 4.62. The summed E-state index contributed by atoms with van der Waals surface area (Å²) in [6.07, 6.45) is 3.51. The van der Waals surface area contributed by atoms with Gasteiger partial charge in [-0.15, -0.1) is 11.6 Å². The summed E-state index contributed by atoms with van der Waals surface area (Å²) in [5, 5.41) is 7.99. The summed E-state index contributed by atoms with van der Waals surface area (Å²) in [5.41, 5.74) is 1.74. The van der Waals surface area contributed by atoms with Crippen molar-refractivity contribution in [3.8, 4) is 17.1 Å². The Morgan fingerprint density at radius 3 is 2.78 bits per heavy atom. The Balaban J connectivity index is 1.94. The first-order valence-electron chi connectivity index (χ1n) is 5.36. The molecule has 0 aliphatic carbocycles. The van der Waals surface area contributed by atoms with E-state index in [0.717, 1.165) is 11.3 Å². The van der Waals surface area contributed by atoms with Crippen LogP contribution >= 0.6 is 11.6 Å². The smallest absolute Gasteiger partial charge is 0.261 e. The number of aromatic nitrogens is 4. The average Bonchev–Trinajstić information content (AvgIpc) is 3.08. The lowest BCUT2D eigenvalue weighted by atomic mass is 10.3. The third-order valence-electron chi connectivity index (χ3n) is 2.44. The van der Waals surface area contributed by atoms with Crippen LogP contribution in [0, 0.1) is 0 Å². The van der Waals surface area contributed by atoms with Gasteiger partial charge in [0, 0.05) is 6.20 Å². The molecule has 0 radical (unpaired) electrons. The fraction of sp³-hybridized carbons (Fsp3) is 0.0833. The van der Waals surface area contributed by atoms with Crippen molar-refractivity contribution >= 4 is 11.6 Å². The highest BCUT2D eigenvalue weighted by molar-refractivity contribution is 6.16. The van der Waals surface area contributed by atoms with Crippen LogP contribution in [0.3, 0.4) is 0 Å². The van der Waals surface area contributed by atoms with Gasteiger partial charge in [0.15, 0.2) is 5.82 Å². The molecule has 0 amide bonds. The Bertz CT molecular complexity index is 647. The van der Waals surface area contributed by atoms with Gasteiger partial charge in [0.25, 0.3) is 5.89 Å². The van der Waals surface area contributed by atoms with Gasteiger partial charge in [-0.3, -0.25) is 0 Å². The third kappa shape index (κ3) is 2.00. The number of alkyl halides is 1. The summed E-state index contributed by atoms with van der Waals surface area (Å²) < 4.78 is 6.84. The first-order chi connectivity index (χ1) is 8.86. The van der Waals surface area contributed by atoms with Gasteiger partial charge in [-0.1, -0.05) is 23.4 Å². The Kier molecular flexibility index (Phi) is 2.82. The molecule has 0 N–H and O–H groups in total. The Morgan fingerprint density at radius 2 is 2.06 bits per heavy atom. The molecule has 2 heterocycles. The van der Waals surface area contributed by atoms with Crippen molar-refractivity contribution in [3.05, 3.63) is 48.5 Å². The van der Waals surface area contributed by atoms with Gasteiger partial charge < -0.3 is 4.52 Å². The van der Waals surface area contributed by atoms with E-state index in [1.807, 2.05) is 36.5 Å². The van der Waals surface area contributed by atoms with Crippen LogP contribution in [0.15, 0.2) is 47.2 Å². The number of nitrogens with zero attached hydrogens (tertiary/aromatic N) is 4. The standard InChI is InChI=1S/C12H9ClN4O/c13-6-11-15-12(18-16-11)9-7-14-17(8-9)10-4-2-1-3-5-10/h1-5,7-8H,6H2. The van der Waals surface area contributed by atoms with Crippen LogP contribution in [-0.2, 0) is 5.88 Å². The highest BCUT2D eigenvalue weighted by Crippen LogP contribution is 2.18.